The Balaban J connectivity index is 2.23. The van der Waals surface area contributed by atoms with Gasteiger partial charge in [0, 0.05) is 25.2 Å². The third-order valence-electron chi connectivity index (χ3n) is 4.53. The molecule has 1 N–H and O–H groups in total. The van der Waals surface area contributed by atoms with E-state index in [-0.39, 0.29) is 12.1 Å². The van der Waals surface area contributed by atoms with E-state index < -0.39 is 0 Å². The minimum Gasteiger partial charge on any atom is -0.391 e. The molecule has 0 aliphatic carbocycles. The predicted octanol–water partition coefficient (Wildman–Crippen LogP) is 2.68. The molecule has 1 aliphatic rings. The molecule has 0 saturated carbocycles. The number of likely N-dealkylation sites (N-methyl/N-ethyl adjacent to an activating group) is 1. The molecule has 1 aliphatic heterocycles. The number of anilines is 1. The lowest BCUT2D eigenvalue weighted by Crippen LogP contribution is -2.57. The monoisotopic (exact) mass is 297 g/mol. The minimum atomic E-state index is 0.106. The lowest BCUT2D eigenvalue weighted by Gasteiger charge is -2.45. The Kier molecular flexibility index (Phi) is 4.72. The van der Waals surface area contributed by atoms with Crippen LogP contribution in [0.2, 0.25) is 0 Å². The van der Waals surface area contributed by atoms with E-state index in [1.807, 2.05) is 0 Å². The fraction of sp³-hybridized carbons (Fsp3) is 0.800. The first-order chi connectivity index (χ1) is 9.39. The number of hydrogen-bond acceptors (Lipinski definition) is 5. The van der Waals surface area contributed by atoms with Crippen molar-refractivity contribution >= 4 is 16.5 Å². The van der Waals surface area contributed by atoms with E-state index in [0.717, 1.165) is 41.8 Å². The van der Waals surface area contributed by atoms with Crippen molar-refractivity contribution in [3.05, 3.63) is 10.6 Å². The van der Waals surface area contributed by atoms with Crippen LogP contribution in [-0.2, 0) is 6.61 Å². The van der Waals surface area contributed by atoms with Crippen molar-refractivity contribution in [2.45, 2.75) is 52.2 Å². The maximum Gasteiger partial charge on any atom is 0.185 e. The molecule has 5 heteroatoms. The molecule has 1 aromatic heterocycles. The van der Waals surface area contributed by atoms with Gasteiger partial charge in [0.15, 0.2) is 5.13 Å². The lowest BCUT2D eigenvalue weighted by molar-refractivity contribution is 0.139. The third-order valence-corrected chi connectivity index (χ3v) is 5.64. The van der Waals surface area contributed by atoms with Crippen molar-refractivity contribution in [1.82, 2.24) is 9.88 Å². The van der Waals surface area contributed by atoms with Gasteiger partial charge in [0.1, 0.15) is 0 Å². The summed E-state index contributed by atoms with van der Waals surface area (Å²) in [4.78, 5) is 10.6. The second-order valence-electron chi connectivity index (χ2n) is 6.43. The zero-order valence-corrected chi connectivity index (χ0v) is 14.1. The molecule has 4 nitrogen and oxygen atoms in total. The van der Waals surface area contributed by atoms with Crippen molar-refractivity contribution in [2.24, 2.45) is 0 Å². The van der Waals surface area contributed by atoms with Crippen LogP contribution in [0.5, 0.6) is 0 Å². The number of aliphatic hydroxyl groups is 1. The van der Waals surface area contributed by atoms with Gasteiger partial charge in [0.25, 0.3) is 0 Å². The van der Waals surface area contributed by atoms with Gasteiger partial charge in [-0.15, -0.1) is 0 Å². The Bertz CT molecular complexity index is 458. The fourth-order valence-electron chi connectivity index (χ4n) is 2.58. The van der Waals surface area contributed by atoms with E-state index in [1.165, 1.54) is 0 Å². The van der Waals surface area contributed by atoms with Gasteiger partial charge in [-0.1, -0.05) is 25.2 Å². The van der Waals surface area contributed by atoms with Crippen LogP contribution < -0.4 is 4.90 Å². The second kappa shape index (κ2) is 6.00. The summed E-state index contributed by atoms with van der Waals surface area (Å²) in [5, 5.41) is 10.6. The summed E-state index contributed by atoms with van der Waals surface area (Å²) in [5.41, 5.74) is 1.26. The Labute approximate surface area is 126 Å². The third kappa shape index (κ3) is 3.00. The molecule has 0 spiro atoms. The fourth-order valence-corrected chi connectivity index (χ4v) is 3.65. The topological polar surface area (TPSA) is 39.6 Å². The Hall–Kier alpha value is -0.650. The molecule has 1 fully saturated rings. The molecule has 2 heterocycles. The standard InChI is InChI=1S/C15H27N3OS/c1-6-11(2)13-12(9-19)20-14(16-13)18-8-7-17(5)15(3,4)10-18/h11,19H,6-10H2,1-5H3. The van der Waals surface area contributed by atoms with Gasteiger partial charge in [-0.05, 0) is 33.2 Å². The number of aliphatic hydroxyl groups excluding tert-OH is 1. The SMILES string of the molecule is CCC(C)c1nc(N2CCN(C)C(C)(C)C2)sc1CO. The average molecular weight is 297 g/mol. The molecule has 2 rings (SSSR count). The minimum absolute atomic E-state index is 0.106. The molecule has 0 aromatic carbocycles. The number of thiazole rings is 1. The van der Waals surface area contributed by atoms with Gasteiger partial charge < -0.3 is 10.0 Å². The highest BCUT2D eigenvalue weighted by Gasteiger charge is 2.32. The first kappa shape index (κ1) is 15.7. The maximum atomic E-state index is 9.56. The van der Waals surface area contributed by atoms with Crippen LogP contribution in [0.3, 0.4) is 0 Å². The molecule has 0 radical (unpaired) electrons. The number of hydrogen-bond donors (Lipinski definition) is 1. The van der Waals surface area contributed by atoms with Crippen molar-refractivity contribution < 1.29 is 5.11 Å². The van der Waals surface area contributed by atoms with Gasteiger partial charge in [0.05, 0.1) is 17.2 Å². The molecule has 1 atom stereocenters. The number of rotatable bonds is 4. The quantitative estimate of drug-likeness (QED) is 0.927. The molecular formula is C15H27N3OS. The van der Waals surface area contributed by atoms with Gasteiger partial charge in [-0.3, -0.25) is 4.90 Å². The first-order valence-electron chi connectivity index (χ1n) is 7.45. The lowest BCUT2D eigenvalue weighted by atomic mass is 10.0. The summed E-state index contributed by atoms with van der Waals surface area (Å²) in [6.07, 6.45) is 1.06. The van der Waals surface area contributed by atoms with E-state index in [9.17, 15) is 5.11 Å². The van der Waals surface area contributed by atoms with Crippen LogP contribution >= 0.6 is 11.3 Å². The number of aromatic nitrogens is 1. The molecule has 0 amide bonds. The van der Waals surface area contributed by atoms with Crippen molar-refractivity contribution in [2.75, 3.05) is 31.6 Å². The van der Waals surface area contributed by atoms with Crippen LogP contribution in [0.1, 0.15) is 50.6 Å². The molecule has 1 saturated heterocycles. The Morgan fingerprint density at radius 3 is 2.65 bits per heavy atom. The van der Waals surface area contributed by atoms with E-state index >= 15 is 0 Å². The second-order valence-corrected chi connectivity index (χ2v) is 7.49. The van der Waals surface area contributed by atoms with E-state index in [2.05, 4.69) is 44.5 Å². The van der Waals surface area contributed by atoms with E-state index in [0.29, 0.717) is 5.92 Å². The molecule has 1 unspecified atom stereocenters. The predicted molar refractivity (Wildman–Crippen MR) is 85.7 cm³/mol. The summed E-state index contributed by atoms with van der Waals surface area (Å²) in [6.45, 7) is 12.1. The van der Waals surface area contributed by atoms with E-state index in [1.54, 1.807) is 11.3 Å². The van der Waals surface area contributed by atoms with Crippen LogP contribution in [0.25, 0.3) is 0 Å². The Morgan fingerprint density at radius 2 is 2.10 bits per heavy atom. The summed E-state index contributed by atoms with van der Waals surface area (Å²) >= 11 is 1.66. The molecule has 0 bridgehead atoms. The summed E-state index contributed by atoms with van der Waals surface area (Å²) in [5.74, 6) is 0.419. The summed E-state index contributed by atoms with van der Waals surface area (Å²) in [6, 6.07) is 0. The average Bonchev–Trinajstić information content (AvgIpc) is 2.85. The smallest absolute Gasteiger partial charge is 0.185 e. The highest BCUT2D eigenvalue weighted by atomic mass is 32.1. The largest absolute Gasteiger partial charge is 0.391 e. The van der Waals surface area contributed by atoms with Crippen LogP contribution in [0.15, 0.2) is 0 Å². The summed E-state index contributed by atoms with van der Waals surface area (Å²) < 4.78 is 0. The van der Waals surface area contributed by atoms with Gasteiger partial charge in [0.2, 0.25) is 0 Å². The molecule has 114 valence electrons. The van der Waals surface area contributed by atoms with Crippen LogP contribution in [0.4, 0.5) is 5.13 Å². The number of piperazine rings is 1. The van der Waals surface area contributed by atoms with Crippen LogP contribution in [-0.4, -0.2) is 47.2 Å². The van der Waals surface area contributed by atoms with Gasteiger partial charge in [-0.2, -0.15) is 0 Å². The highest BCUT2D eigenvalue weighted by molar-refractivity contribution is 7.15. The maximum absolute atomic E-state index is 9.56. The van der Waals surface area contributed by atoms with Crippen molar-refractivity contribution in [3.63, 3.8) is 0 Å². The Morgan fingerprint density at radius 1 is 1.40 bits per heavy atom. The van der Waals surface area contributed by atoms with Gasteiger partial charge >= 0.3 is 0 Å². The summed E-state index contributed by atoms with van der Waals surface area (Å²) in [7, 11) is 2.18. The normalized spacial score (nSPS) is 21.2. The zero-order valence-electron chi connectivity index (χ0n) is 13.3. The zero-order chi connectivity index (χ0) is 14.9. The van der Waals surface area contributed by atoms with Gasteiger partial charge in [-0.25, -0.2) is 4.98 Å². The van der Waals surface area contributed by atoms with Crippen molar-refractivity contribution in [3.8, 4) is 0 Å². The molecule has 1 aromatic rings. The molecule has 20 heavy (non-hydrogen) atoms. The first-order valence-corrected chi connectivity index (χ1v) is 8.27. The molecular weight excluding hydrogens is 270 g/mol. The van der Waals surface area contributed by atoms with Crippen LogP contribution in [0, 0.1) is 0 Å². The highest BCUT2D eigenvalue weighted by Crippen LogP contribution is 2.34. The number of nitrogens with zero attached hydrogens (tertiary/aromatic N) is 3. The van der Waals surface area contributed by atoms with E-state index in [4.69, 9.17) is 4.98 Å². The van der Waals surface area contributed by atoms with Crippen molar-refractivity contribution in [1.29, 1.82) is 0 Å².